The number of hydrogen-bond donors (Lipinski definition) is 0. The molecular formula is C22H15Cl2N3. The van der Waals surface area contributed by atoms with Gasteiger partial charge in [-0.1, -0.05) is 50.2 Å². The van der Waals surface area contributed by atoms with E-state index in [-0.39, 0.29) is 16.0 Å². The standard InChI is InChI=1S/C22H15Cl2N3/c1-22(2)17-11-14(19-25-20(23)27-21(24)26-19)7-8-15(17)16-9-12-5-3-4-6-13(12)10-18(16)22/h3-11H,1-2H3. The molecule has 0 saturated carbocycles. The van der Waals surface area contributed by atoms with Crippen LogP contribution in [0.1, 0.15) is 25.0 Å². The molecule has 0 amide bonds. The van der Waals surface area contributed by atoms with E-state index >= 15 is 0 Å². The molecule has 0 atom stereocenters. The zero-order valence-corrected chi connectivity index (χ0v) is 16.3. The molecule has 1 aliphatic rings. The van der Waals surface area contributed by atoms with Crippen molar-refractivity contribution in [2.45, 2.75) is 19.3 Å². The summed E-state index contributed by atoms with van der Waals surface area (Å²) in [5, 5.41) is 2.70. The monoisotopic (exact) mass is 391 g/mol. The van der Waals surface area contributed by atoms with Gasteiger partial charge in [-0.2, -0.15) is 15.0 Å². The van der Waals surface area contributed by atoms with Crippen LogP contribution >= 0.6 is 23.2 Å². The van der Waals surface area contributed by atoms with Gasteiger partial charge in [0.1, 0.15) is 0 Å². The van der Waals surface area contributed by atoms with E-state index in [0.717, 1.165) is 5.56 Å². The number of fused-ring (bicyclic) bond motifs is 4. The summed E-state index contributed by atoms with van der Waals surface area (Å²) in [4.78, 5) is 12.3. The summed E-state index contributed by atoms with van der Waals surface area (Å²) in [6.07, 6.45) is 0. The molecule has 1 aromatic heterocycles. The minimum atomic E-state index is -0.120. The molecule has 132 valence electrons. The number of hydrogen-bond acceptors (Lipinski definition) is 3. The maximum atomic E-state index is 5.96. The fraction of sp³-hybridized carbons (Fsp3) is 0.136. The number of aromatic nitrogens is 3. The van der Waals surface area contributed by atoms with Crippen molar-refractivity contribution in [2.75, 3.05) is 0 Å². The lowest BCUT2D eigenvalue weighted by Crippen LogP contribution is -2.15. The Bertz CT molecular complexity index is 1210. The predicted octanol–water partition coefficient (Wildman–Crippen LogP) is 6.30. The lowest BCUT2D eigenvalue weighted by molar-refractivity contribution is 0.661. The lowest BCUT2D eigenvalue weighted by Gasteiger charge is -2.22. The van der Waals surface area contributed by atoms with Crippen molar-refractivity contribution >= 4 is 34.0 Å². The van der Waals surface area contributed by atoms with E-state index in [1.165, 1.54) is 33.0 Å². The van der Waals surface area contributed by atoms with Crippen molar-refractivity contribution in [1.29, 1.82) is 0 Å². The SMILES string of the molecule is CC1(C)c2cc(-c3nc(Cl)nc(Cl)n3)ccc2-c2cc3ccccc3cc21. The van der Waals surface area contributed by atoms with Gasteiger partial charge in [0.15, 0.2) is 5.82 Å². The van der Waals surface area contributed by atoms with Crippen LogP contribution in [-0.4, -0.2) is 15.0 Å². The van der Waals surface area contributed by atoms with Crippen molar-refractivity contribution in [3.8, 4) is 22.5 Å². The molecule has 1 aliphatic carbocycles. The molecule has 1 heterocycles. The van der Waals surface area contributed by atoms with E-state index in [1.54, 1.807) is 0 Å². The lowest BCUT2D eigenvalue weighted by atomic mass is 9.81. The van der Waals surface area contributed by atoms with Crippen LogP contribution < -0.4 is 0 Å². The van der Waals surface area contributed by atoms with Gasteiger partial charge in [0, 0.05) is 11.0 Å². The van der Waals surface area contributed by atoms with Gasteiger partial charge in [0.05, 0.1) is 0 Å². The Labute approximate surface area is 167 Å². The molecule has 0 fully saturated rings. The van der Waals surface area contributed by atoms with Crippen molar-refractivity contribution in [3.63, 3.8) is 0 Å². The summed E-state index contributed by atoms with van der Waals surface area (Å²) < 4.78 is 0. The number of rotatable bonds is 1. The minimum absolute atomic E-state index is 0.0966. The van der Waals surface area contributed by atoms with Gasteiger partial charge in [0.2, 0.25) is 10.6 Å². The van der Waals surface area contributed by atoms with Crippen LogP contribution in [0, 0.1) is 0 Å². The second-order valence-electron chi connectivity index (χ2n) is 7.33. The van der Waals surface area contributed by atoms with Gasteiger partial charge in [-0.3, -0.25) is 0 Å². The van der Waals surface area contributed by atoms with E-state index in [1.807, 2.05) is 6.07 Å². The summed E-state index contributed by atoms with van der Waals surface area (Å²) in [5.41, 5.74) is 5.87. The molecule has 0 unspecified atom stereocenters. The molecule has 5 heteroatoms. The number of benzene rings is 3. The third-order valence-electron chi connectivity index (χ3n) is 5.38. The second kappa shape index (κ2) is 5.75. The molecule has 4 aromatic rings. The van der Waals surface area contributed by atoms with Crippen LogP contribution in [0.3, 0.4) is 0 Å². The van der Waals surface area contributed by atoms with Gasteiger partial charge in [-0.15, -0.1) is 0 Å². The zero-order valence-electron chi connectivity index (χ0n) is 14.8. The van der Waals surface area contributed by atoms with Crippen LogP contribution in [-0.2, 0) is 5.41 Å². The summed E-state index contributed by atoms with van der Waals surface area (Å²) in [5.74, 6) is 0.486. The minimum Gasteiger partial charge on any atom is -0.198 e. The molecule has 5 rings (SSSR count). The first kappa shape index (κ1) is 16.7. The Morgan fingerprint density at radius 3 is 2.04 bits per heavy atom. The fourth-order valence-corrected chi connectivity index (χ4v) is 4.38. The molecule has 0 radical (unpaired) electrons. The van der Waals surface area contributed by atoms with Crippen LogP contribution in [0.25, 0.3) is 33.3 Å². The third-order valence-corrected chi connectivity index (χ3v) is 5.72. The Kier molecular flexibility index (Phi) is 3.55. The second-order valence-corrected chi connectivity index (χ2v) is 8.00. The average Bonchev–Trinajstić information content (AvgIpc) is 2.86. The van der Waals surface area contributed by atoms with Gasteiger partial charge < -0.3 is 0 Å². The van der Waals surface area contributed by atoms with Crippen molar-refractivity contribution < 1.29 is 0 Å². The van der Waals surface area contributed by atoms with Crippen LogP contribution in [0.5, 0.6) is 0 Å². The zero-order chi connectivity index (χ0) is 18.8. The number of halogens is 2. The average molecular weight is 392 g/mol. The Hall–Kier alpha value is -2.49. The smallest absolute Gasteiger partial charge is 0.198 e. The first-order chi connectivity index (χ1) is 12.9. The fourth-order valence-electron chi connectivity index (χ4n) is 4.02. The number of nitrogens with zero attached hydrogens (tertiary/aromatic N) is 3. The highest BCUT2D eigenvalue weighted by Gasteiger charge is 2.36. The van der Waals surface area contributed by atoms with Crippen LogP contribution in [0.2, 0.25) is 10.6 Å². The predicted molar refractivity (Wildman–Crippen MR) is 110 cm³/mol. The largest absolute Gasteiger partial charge is 0.227 e. The van der Waals surface area contributed by atoms with Gasteiger partial charge in [-0.05, 0) is 74.4 Å². The Morgan fingerprint density at radius 1 is 0.704 bits per heavy atom. The molecule has 0 spiro atoms. The topological polar surface area (TPSA) is 38.7 Å². The van der Waals surface area contributed by atoms with E-state index < -0.39 is 0 Å². The van der Waals surface area contributed by atoms with Crippen molar-refractivity contribution in [1.82, 2.24) is 15.0 Å². The maximum Gasteiger partial charge on any atom is 0.227 e. The van der Waals surface area contributed by atoms with Crippen LogP contribution in [0.4, 0.5) is 0 Å². The van der Waals surface area contributed by atoms with Gasteiger partial charge in [-0.25, -0.2) is 0 Å². The Balaban J connectivity index is 1.73. The van der Waals surface area contributed by atoms with E-state index in [0.29, 0.717) is 5.82 Å². The van der Waals surface area contributed by atoms with E-state index in [9.17, 15) is 0 Å². The quantitative estimate of drug-likeness (QED) is 0.381. The first-order valence-corrected chi connectivity index (χ1v) is 9.45. The summed E-state index contributed by atoms with van der Waals surface area (Å²) in [6.45, 7) is 4.51. The van der Waals surface area contributed by atoms with Crippen LogP contribution in [0.15, 0.2) is 54.6 Å². The molecular weight excluding hydrogens is 377 g/mol. The summed E-state index contributed by atoms with van der Waals surface area (Å²) in [7, 11) is 0. The van der Waals surface area contributed by atoms with Gasteiger partial charge in [0.25, 0.3) is 0 Å². The van der Waals surface area contributed by atoms with E-state index in [4.69, 9.17) is 23.2 Å². The molecule has 27 heavy (non-hydrogen) atoms. The maximum absolute atomic E-state index is 5.96. The normalized spacial score (nSPS) is 14.2. The molecule has 0 bridgehead atoms. The molecule has 0 aliphatic heterocycles. The van der Waals surface area contributed by atoms with Gasteiger partial charge >= 0.3 is 0 Å². The molecule has 3 aromatic carbocycles. The third kappa shape index (κ3) is 2.53. The highest BCUT2D eigenvalue weighted by Crippen LogP contribution is 2.50. The summed E-state index contributed by atoms with van der Waals surface area (Å²) in [6, 6.07) is 19.4. The molecule has 3 nitrogen and oxygen atoms in total. The summed E-state index contributed by atoms with van der Waals surface area (Å²) >= 11 is 11.9. The van der Waals surface area contributed by atoms with E-state index in [2.05, 4.69) is 77.3 Å². The first-order valence-electron chi connectivity index (χ1n) is 8.69. The molecule has 0 saturated heterocycles. The molecule has 0 N–H and O–H groups in total. The van der Waals surface area contributed by atoms with Crippen molar-refractivity contribution in [2.24, 2.45) is 0 Å². The Morgan fingerprint density at radius 2 is 1.33 bits per heavy atom. The highest BCUT2D eigenvalue weighted by atomic mass is 35.5. The highest BCUT2D eigenvalue weighted by molar-refractivity contribution is 6.31. The van der Waals surface area contributed by atoms with Crippen molar-refractivity contribution in [3.05, 3.63) is 76.3 Å².